The Balaban J connectivity index is 0. The van der Waals surface area contributed by atoms with Crippen LogP contribution in [0.4, 0.5) is 0 Å². The van der Waals surface area contributed by atoms with Crippen LogP contribution in [-0.2, 0) is 26.1 Å². The zero-order valence-electron chi connectivity index (χ0n) is 10.9. The second-order valence-electron chi connectivity index (χ2n) is 3.99. The molecule has 0 saturated heterocycles. The van der Waals surface area contributed by atoms with Gasteiger partial charge in [-0.15, -0.1) is 0 Å². The van der Waals surface area contributed by atoms with Crippen molar-refractivity contribution >= 4 is 23.0 Å². The van der Waals surface area contributed by atoms with Crippen molar-refractivity contribution in [1.29, 1.82) is 0 Å². The first-order valence-electron chi connectivity index (χ1n) is 5.40. The van der Waals surface area contributed by atoms with Gasteiger partial charge in [-0.1, -0.05) is 0 Å². The summed E-state index contributed by atoms with van der Waals surface area (Å²) in [6.07, 6.45) is 0.826. The van der Waals surface area contributed by atoms with E-state index in [0.717, 1.165) is 11.4 Å². The van der Waals surface area contributed by atoms with Crippen LogP contribution in [0.2, 0.25) is 0 Å². The Hall–Kier alpha value is -0.826. The van der Waals surface area contributed by atoms with Gasteiger partial charge in [0.15, 0.2) is 0 Å². The van der Waals surface area contributed by atoms with Crippen molar-refractivity contribution in [2.45, 2.75) is 40.5 Å². The van der Waals surface area contributed by atoms with Crippen LogP contribution in [0.25, 0.3) is 0 Å². The number of nitrogens with zero attached hydrogens (tertiary/aromatic N) is 2. The van der Waals surface area contributed by atoms with Crippen molar-refractivity contribution in [2.75, 3.05) is 13.1 Å². The fourth-order valence-electron chi connectivity index (χ4n) is 1.31. The van der Waals surface area contributed by atoms with Gasteiger partial charge in [0.2, 0.25) is 0 Å². The van der Waals surface area contributed by atoms with E-state index in [1.807, 2.05) is 13.8 Å². The summed E-state index contributed by atoms with van der Waals surface area (Å²) >= 11 is 0. The third-order valence-corrected chi connectivity index (χ3v) is 1.87. The molecule has 0 fully saturated rings. The predicted octanol–water partition coefficient (Wildman–Crippen LogP) is 1.86. The normalized spacial score (nSPS) is 12.0. The topological polar surface area (TPSA) is 58.9 Å². The molecule has 0 heterocycles. The third-order valence-electron chi connectivity index (χ3n) is 1.87. The summed E-state index contributed by atoms with van der Waals surface area (Å²) in [6, 6.07) is 0. The molecule has 0 amide bonds. The van der Waals surface area contributed by atoms with Crippen molar-refractivity contribution in [3.8, 4) is 0 Å². The summed E-state index contributed by atoms with van der Waals surface area (Å²) in [5.41, 5.74) is 1.68. The van der Waals surface area contributed by atoms with Gasteiger partial charge in [-0.25, -0.2) is 0 Å². The molecule has 0 N–H and O–H groups in total. The van der Waals surface area contributed by atoms with Gasteiger partial charge in [-0.2, -0.15) is 0 Å². The van der Waals surface area contributed by atoms with Crippen LogP contribution in [0.15, 0.2) is 9.98 Å². The molecular formula is C12H20N2NiO2. The summed E-state index contributed by atoms with van der Waals surface area (Å²) in [6.45, 7) is 7.94. The second-order valence-corrected chi connectivity index (χ2v) is 3.99. The van der Waals surface area contributed by atoms with Crippen LogP contribution < -0.4 is 0 Å². The van der Waals surface area contributed by atoms with Crippen LogP contribution >= 0.6 is 0 Å². The Bertz CT molecular complexity index is 290. The first kappa shape index (κ1) is 18.5. The van der Waals surface area contributed by atoms with E-state index in [9.17, 15) is 9.59 Å². The predicted molar refractivity (Wildman–Crippen MR) is 66.5 cm³/mol. The zero-order valence-corrected chi connectivity index (χ0v) is 11.8. The zero-order chi connectivity index (χ0) is 12.6. The molecule has 0 spiro atoms. The van der Waals surface area contributed by atoms with Gasteiger partial charge in [0.25, 0.3) is 0 Å². The van der Waals surface area contributed by atoms with Crippen molar-refractivity contribution in [1.82, 2.24) is 0 Å². The molecule has 4 nitrogen and oxygen atoms in total. The number of hydrogen-bond acceptors (Lipinski definition) is 4. The Labute approximate surface area is 113 Å². The van der Waals surface area contributed by atoms with Gasteiger partial charge in [-0.05, 0) is 27.7 Å². The van der Waals surface area contributed by atoms with Crippen molar-refractivity contribution in [3.05, 3.63) is 0 Å². The molecule has 0 radical (unpaired) electrons. The molecule has 17 heavy (non-hydrogen) atoms. The fourth-order valence-corrected chi connectivity index (χ4v) is 1.31. The SMILES string of the molecule is CC(=O)CC(C)=NCCN=C(C)CC(C)=O.[Ni]. The number of hydrogen-bond donors (Lipinski definition) is 0. The molecule has 0 aliphatic heterocycles. The fraction of sp³-hybridized carbons (Fsp3) is 0.667. The molecule has 0 saturated carbocycles. The van der Waals surface area contributed by atoms with Gasteiger partial charge >= 0.3 is 0 Å². The molecule has 0 rings (SSSR count). The Morgan fingerprint density at radius 1 is 0.765 bits per heavy atom. The molecule has 5 heteroatoms. The van der Waals surface area contributed by atoms with E-state index in [4.69, 9.17) is 0 Å². The maximum Gasteiger partial charge on any atom is 0.135 e. The number of ketones is 2. The molecule has 0 aromatic carbocycles. The Kier molecular flexibility index (Phi) is 11.3. The number of carbonyl (C=O) groups is 2. The van der Waals surface area contributed by atoms with E-state index in [2.05, 4.69) is 9.98 Å². The minimum absolute atomic E-state index is 0. The Morgan fingerprint density at radius 2 is 1.06 bits per heavy atom. The van der Waals surface area contributed by atoms with Crippen LogP contribution in [0, 0.1) is 0 Å². The molecule has 100 valence electrons. The van der Waals surface area contributed by atoms with Gasteiger partial charge in [0.05, 0.1) is 13.1 Å². The first-order chi connectivity index (χ1) is 7.41. The summed E-state index contributed by atoms with van der Waals surface area (Å²) in [5, 5.41) is 0. The maximum atomic E-state index is 10.8. The van der Waals surface area contributed by atoms with E-state index >= 15 is 0 Å². The number of rotatable bonds is 7. The monoisotopic (exact) mass is 282 g/mol. The third kappa shape index (κ3) is 13.1. The van der Waals surface area contributed by atoms with Crippen LogP contribution in [0.3, 0.4) is 0 Å². The van der Waals surface area contributed by atoms with Crippen LogP contribution in [0.1, 0.15) is 40.5 Å². The average molecular weight is 283 g/mol. The summed E-state index contributed by atoms with van der Waals surface area (Å²) in [4.78, 5) is 30.0. The smallest absolute Gasteiger partial charge is 0.135 e. The second kappa shape index (κ2) is 10.3. The molecule has 0 aromatic rings. The standard InChI is InChI=1S/C12H20N2O2.Ni/c1-9(7-11(3)15)13-5-6-14-10(2)8-12(4)16;/h5-8H2,1-4H3;. The molecule has 0 aromatic heterocycles. The van der Waals surface area contributed by atoms with Gasteiger partial charge < -0.3 is 0 Å². The van der Waals surface area contributed by atoms with Gasteiger partial charge in [-0.3, -0.25) is 19.6 Å². The van der Waals surface area contributed by atoms with Gasteiger partial charge in [0, 0.05) is 40.8 Å². The quantitative estimate of drug-likeness (QED) is 0.407. The first-order valence-corrected chi connectivity index (χ1v) is 5.40. The molecule has 0 aliphatic rings. The largest absolute Gasteiger partial charge is 0.300 e. The summed E-state index contributed by atoms with van der Waals surface area (Å²) in [5.74, 6) is 0.245. The number of carbonyl (C=O) groups excluding carboxylic acids is 2. The van der Waals surface area contributed by atoms with Crippen molar-refractivity contribution < 1.29 is 26.1 Å². The minimum atomic E-state index is 0. The Morgan fingerprint density at radius 3 is 1.29 bits per heavy atom. The molecule has 0 atom stereocenters. The summed E-state index contributed by atoms with van der Waals surface area (Å²) < 4.78 is 0. The minimum Gasteiger partial charge on any atom is -0.300 e. The van der Waals surface area contributed by atoms with E-state index in [1.165, 1.54) is 0 Å². The van der Waals surface area contributed by atoms with E-state index < -0.39 is 0 Å². The molecule has 0 bridgehead atoms. The van der Waals surface area contributed by atoms with Crippen LogP contribution in [-0.4, -0.2) is 36.1 Å². The molecular weight excluding hydrogens is 263 g/mol. The average Bonchev–Trinajstić information content (AvgIpc) is 2.10. The number of aliphatic imine (C=N–C) groups is 2. The number of Topliss-reactive ketones (excluding diaryl/α,β-unsaturated/α-hetero) is 2. The van der Waals surface area contributed by atoms with Crippen LogP contribution in [0.5, 0.6) is 0 Å². The molecule has 0 aliphatic carbocycles. The summed E-state index contributed by atoms with van der Waals surface area (Å²) in [7, 11) is 0. The molecule has 0 unspecified atom stereocenters. The van der Waals surface area contributed by atoms with Crippen molar-refractivity contribution in [2.24, 2.45) is 9.98 Å². The van der Waals surface area contributed by atoms with Gasteiger partial charge in [0.1, 0.15) is 11.6 Å². The van der Waals surface area contributed by atoms with E-state index in [1.54, 1.807) is 13.8 Å². The van der Waals surface area contributed by atoms with E-state index in [0.29, 0.717) is 25.9 Å². The maximum absolute atomic E-state index is 10.8. The van der Waals surface area contributed by atoms with E-state index in [-0.39, 0.29) is 28.1 Å². The van der Waals surface area contributed by atoms with Crippen molar-refractivity contribution in [3.63, 3.8) is 0 Å².